The first-order valence-corrected chi connectivity index (χ1v) is 12.2. The van der Waals surface area contributed by atoms with Gasteiger partial charge in [-0.05, 0) is 12.1 Å². The Morgan fingerprint density at radius 1 is 1.00 bits per heavy atom. The Hall–Kier alpha value is -2.65. The predicted molar refractivity (Wildman–Crippen MR) is 99.2 cm³/mol. The van der Waals surface area contributed by atoms with Gasteiger partial charge in [-0.3, -0.25) is 19.1 Å². The molecule has 0 aliphatic heterocycles. The number of carbonyl (C=O) groups is 1. The van der Waals surface area contributed by atoms with Crippen LogP contribution in [-0.4, -0.2) is 78.2 Å². The lowest BCUT2D eigenvalue weighted by Crippen LogP contribution is -2.69. The molecule has 0 amide bonds. The number of halogens is 12. The van der Waals surface area contributed by atoms with E-state index in [1.165, 1.54) is 0 Å². The van der Waals surface area contributed by atoms with Crippen LogP contribution >= 0.6 is 0 Å². The summed E-state index contributed by atoms with van der Waals surface area (Å²) in [6.07, 6.45) is -4.69. The average molecular weight is 621 g/mol. The molecule has 8 nitrogen and oxygen atoms in total. The van der Waals surface area contributed by atoms with Gasteiger partial charge in [0.2, 0.25) is 0 Å². The molecule has 0 fully saturated rings. The molecule has 0 aromatic heterocycles. The Balaban J connectivity index is 3.22. The van der Waals surface area contributed by atoms with Gasteiger partial charge in [-0.25, -0.2) is 17.2 Å². The summed E-state index contributed by atoms with van der Waals surface area (Å²) in [5.74, 6) is -41.8. The molecule has 1 rings (SSSR count). The molecule has 22 heteroatoms. The molecule has 38 heavy (non-hydrogen) atoms. The lowest BCUT2D eigenvalue weighted by atomic mass is 9.94. The normalized spacial score (nSPS) is 14.9. The molecular weight excluding hydrogens is 610 g/mol. The Bertz CT molecular complexity index is 1220. The fraction of sp³-hybridized carbons (Fsp3) is 0.562. The van der Waals surface area contributed by atoms with Gasteiger partial charge in [0, 0.05) is 17.2 Å². The van der Waals surface area contributed by atoms with Gasteiger partial charge in [0.25, 0.3) is 5.69 Å². The average Bonchev–Trinajstić information content (AvgIpc) is 2.76. The number of benzene rings is 1. The summed E-state index contributed by atoms with van der Waals surface area (Å²) < 4.78 is 197. The molecule has 0 saturated carbocycles. The second-order valence-corrected chi connectivity index (χ2v) is 10.4. The van der Waals surface area contributed by atoms with Crippen LogP contribution in [0.4, 0.5) is 58.4 Å². The monoisotopic (exact) mass is 621 g/mol. The van der Waals surface area contributed by atoms with Crippen molar-refractivity contribution < 1.29 is 79.8 Å². The zero-order valence-corrected chi connectivity index (χ0v) is 19.5. The molecule has 218 valence electrons. The lowest BCUT2D eigenvalue weighted by molar-refractivity contribution is -0.414. The summed E-state index contributed by atoms with van der Waals surface area (Å²) in [6.45, 7) is -3.35. The first-order chi connectivity index (χ1) is 16.8. The zero-order valence-electron chi connectivity index (χ0n) is 17.9. The smallest absolute Gasteiger partial charge is 0.384 e. The van der Waals surface area contributed by atoms with Crippen LogP contribution in [0.5, 0.6) is 0 Å². The zero-order chi connectivity index (χ0) is 30.3. The van der Waals surface area contributed by atoms with Gasteiger partial charge in [0.1, 0.15) is 4.90 Å². The van der Waals surface area contributed by atoms with E-state index in [0.717, 1.165) is 12.3 Å². The van der Waals surface area contributed by atoms with Crippen LogP contribution in [0.25, 0.3) is 0 Å². The number of rotatable bonds is 12. The van der Waals surface area contributed by atoms with Crippen molar-refractivity contribution in [2.45, 2.75) is 45.8 Å². The summed E-state index contributed by atoms with van der Waals surface area (Å²) >= 11 is 0. The molecule has 0 radical (unpaired) electrons. The number of sulfone groups is 1. The fourth-order valence-electron chi connectivity index (χ4n) is 2.39. The highest BCUT2D eigenvalue weighted by Gasteiger charge is 2.87. The number of carbonyl (C=O) groups excluding carboxylic acids is 1. The van der Waals surface area contributed by atoms with Crippen molar-refractivity contribution in [3.63, 3.8) is 0 Å². The van der Waals surface area contributed by atoms with Crippen LogP contribution in [0.2, 0.25) is 0 Å². The maximum Gasteiger partial charge on any atom is 0.384 e. The Labute approximate surface area is 205 Å². The van der Waals surface area contributed by atoms with Crippen LogP contribution in [0, 0.1) is 10.1 Å². The fourth-order valence-corrected chi connectivity index (χ4v) is 4.21. The number of nitro groups is 1. The van der Waals surface area contributed by atoms with Gasteiger partial charge in [-0.2, -0.15) is 43.9 Å². The topological polar surface area (TPSA) is 121 Å². The van der Waals surface area contributed by atoms with E-state index in [9.17, 15) is 80.2 Å². The first kappa shape index (κ1) is 33.4. The van der Waals surface area contributed by atoms with Gasteiger partial charge in [0.15, 0.2) is 22.2 Å². The first-order valence-electron chi connectivity index (χ1n) is 8.95. The van der Waals surface area contributed by atoms with Crippen molar-refractivity contribution in [1.29, 1.82) is 0 Å². The Morgan fingerprint density at radius 2 is 1.50 bits per heavy atom. The van der Waals surface area contributed by atoms with Crippen molar-refractivity contribution in [2.75, 3.05) is 18.6 Å². The molecule has 0 N–H and O–H groups in total. The molecule has 0 aliphatic carbocycles. The summed E-state index contributed by atoms with van der Waals surface area (Å²) in [4.78, 5) is 19.7. The van der Waals surface area contributed by atoms with E-state index < -0.39 is 90.5 Å². The van der Waals surface area contributed by atoms with E-state index in [2.05, 4.69) is 4.74 Å². The second kappa shape index (κ2) is 10.5. The highest BCUT2D eigenvalue weighted by molar-refractivity contribution is 7.92. The maximum absolute atomic E-state index is 13.7. The van der Waals surface area contributed by atoms with E-state index in [1.807, 2.05) is 0 Å². The number of alkyl halides is 12. The van der Waals surface area contributed by atoms with Crippen molar-refractivity contribution >= 4 is 32.3 Å². The molecule has 1 aromatic rings. The summed E-state index contributed by atoms with van der Waals surface area (Å²) in [7, 11) is -7.15. The third-order valence-electron chi connectivity index (χ3n) is 4.46. The number of ether oxygens (including phenoxy) is 1. The molecular formula is C16H11F12NO7S2. The largest absolute Gasteiger partial charge is 0.458 e. The molecule has 0 spiro atoms. The lowest BCUT2D eigenvalue weighted by Gasteiger charge is -2.38. The van der Waals surface area contributed by atoms with Crippen molar-refractivity contribution in [3.05, 3.63) is 28.3 Å². The Kier molecular flexibility index (Phi) is 9.21. The van der Waals surface area contributed by atoms with Crippen LogP contribution < -0.4 is 0 Å². The van der Waals surface area contributed by atoms with Crippen LogP contribution in [0.1, 0.15) is 0 Å². The highest BCUT2D eigenvalue weighted by atomic mass is 32.2. The minimum absolute atomic E-state index is 0.296. The quantitative estimate of drug-likeness (QED) is 0.149. The van der Waals surface area contributed by atoms with Crippen molar-refractivity contribution in [1.82, 2.24) is 0 Å². The Morgan fingerprint density at radius 3 is 1.92 bits per heavy atom. The maximum atomic E-state index is 13.7. The molecule has 1 unspecified atom stereocenters. The minimum Gasteiger partial charge on any atom is -0.458 e. The summed E-state index contributed by atoms with van der Waals surface area (Å²) in [5, 5.41) is 11.1. The highest BCUT2D eigenvalue weighted by Crippen LogP contribution is 2.58. The number of hydrogen-bond acceptors (Lipinski definition) is 7. The van der Waals surface area contributed by atoms with Gasteiger partial charge in [0.05, 0.1) is 15.7 Å². The van der Waals surface area contributed by atoms with Crippen LogP contribution in [0.15, 0.2) is 28.0 Å². The van der Waals surface area contributed by atoms with E-state index in [1.54, 1.807) is 0 Å². The molecule has 0 aliphatic rings. The third kappa shape index (κ3) is 5.83. The number of hydrogen-bond donors (Lipinski definition) is 0. The SMILES string of the molecule is CS(=O)c1ccc(S(=O)(=O)CC(=O)OCC(F)(F)C(F)(F)C(F)(F)C(F)(F)C(F)(F)C(F)F)c([N+](=O)[O-])c1. The summed E-state index contributed by atoms with van der Waals surface area (Å²) in [5.41, 5.74) is -1.30. The number of esters is 1. The van der Waals surface area contributed by atoms with Crippen LogP contribution in [0.3, 0.4) is 0 Å². The van der Waals surface area contributed by atoms with Gasteiger partial charge in [-0.1, -0.05) is 0 Å². The molecule has 0 saturated heterocycles. The molecule has 0 heterocycles. The summed E-state index contributed by atoms with van der Waals surface area (Å²) in [6, 6.07) is 1.67. The van der Waals surface area contributed by atoms with E-state index in [4.69, 9.17) is 0 Å². The number of nitro benzene ring substituents is 1. The van der Waals surface area contributed by atoms with Crippen LogP contribution in [-0.2, 0) is 30.2 Å². The third-order valence-corrected chi connectivity index (χ3v) is 7.01. The molecule has 0 bridgehead atoms. The van der Waals surface area contributed by atoms with Gasteiger partial charge < -0.3 is 4.74 Å². The standard InChI is InChI=1S/C16H11F12NO7S2/c1-37(33)7-2-3-9(8(4-7)29(31)32)38(34,35)5-10(30)36-6-12(19,20)14(23,24)16(27,28)15(25,26)13(21,22)11(17)18/h2-4,11H,5-6H2,1H3. The predicted octanol–water partition coefficient (Wildman–Crippen LogP) is 4.09. The van der Waals surface area contributed by atoms with E-state index >= 15 is 0 Å². The van der Waals surface area contributed by atoms with E-state index in [-0.39, 0.29) is 4.90 Å². The molecule has 1 aromatic carbocycles. The molecule has 1 atom stereocenters. The van der Waals surface area contributed by atoms with E-state index in [0.29, 0.717) is 12.1 Å². The van der Waals surface area contributed by atoms with Gasteiger partial charge >= 0.3 is 42.0 Å². The minimum atomic E-state index is -7.89. The second-order valence-electron chi connectivity index (χ2n) is 7.11. The van der Waals surface area contributed by atoms with Crippen molar-refractivity contribution in [2.24, 2.45) is 0 Å². The van der Waals surface area contributed by atoms with Crippen molar-refractivity contribution in [3.8, 4) is 0 Å². The van der Waals surface area contributed by atoms with Gasteiger partial charge in [-0.15, -0.1) is 0 Å². The number of nitrogens with zero attached hydrogens (tertiary/aromatic N) is 1.